The van der Waals surface area contributed by atoms with Crippen LogP contribution in [0, 0.1) is 0 Å². The van der Waals surface area contributed by atoms with Crippen LogP contribution in [0.1, 0.15) is 24.0 Å². The van der Waals surface area contributed by atoms with Crippen LogP contribution >= 0.6 is 0 Å². The van der Waals surface area contributed by atoms with E-state index in [2.05, 4.69) is 25.6 Å². The van der Waals surface area contributed by atoms with Gasteiger partial charge in [0.1, 0.15) is 12.1 Å². The van der Waals surface area contributed by atoms with Gasteiger partial charge in [0, 0.05) is 47.2 Å². The molecule has 2 aromatic heterocycles. The molecule has 0 aliphatic rings. The minimum atomic E-state index is -1.01. The van der Waals surface area contributed by atoms with E-state index in [0.29, 0.717) is 6.42 Å². The molecule has 0 fully saturated rings. The largest absolute Gasteiger partial charge is 0.467 e. The number of amides is 2. The highest BCUT2D eigenvalue weighted by Crippen LogP contribution is 2.21. The SMILES string of the molecule is COC(=O)[C@H](CCCN=C(N)N)NC(=O)[C@H](Cc1c[nH]c2ccccc12)NC(=O)[C@@H](N)Cc1c[nH]c2ccccc12. The number of carbonyl (C=O) groups excluding carboxylic acids is 3. The van der Waals surface area contributed by atoms with E-state index in [-0.39, 0.29) is 31.8 Å². The second kappa shape index (κ2) is 13.5. The zero-order chi connectivity index (χ0) is 29.4. The van der Waals surface area contributed by atoms with Gasteiger partial charge in [0.05, 0.1) is 13.2 Å². The summed E-state index contributed by atoms with van der Waals surface area (Å²) >= 11 is 0. The molecule has 4 rings (SSSR count). The van der Waals surface area contributed by atoms with Gasteiger partial charge in [0.25, 0.3) is 0 Å². The number of methoxy groups -OCH3 is 1. The van der Waals surface area contributed by atoms with Crippen LogP contribution in [0.2, 0.25) is 0 Å². The Morgan fingerprint density at radius 3 is 2.00 bits per heavy atom. The summed E-state index contributed by atoms with van der Waals surface area (Å²) in [6.45, 7) is 0.282. The maximum atomic E-state index is 13.6. The number of benzene rings is 2. The van der Waals surface area contributed by atoms with Crippen LogP contribution < -0.4 is 27.8 Å². The number of rotatable bonds is 13. The third kappa shape index (κ3) is 7.42. The van der Waals surface area contributed by atoms with Gasteiger partial charge in [0.2, 0.25) is 11.8 Å². The lowest BCUT2D eigenvalue weighted by atomic mass is 10.0. The summed E-state index contributed by atoms with van der Waals surface area (Å²) in [5.74, 6) is -1.71. The van der Waals surface area contributed by atoms with Gasteiger partial charge in [-0.2, -0.15) is 0 Å². The molecule has 0 unspecified atom stereocenters. The van der Waals surface area contributed by atoms with Crippen molar-refractivity contribution >= 4 is 45.5 Å². The normalized spacial score (nSPS) is 13.3. The van der Waals surface area contributed by atoms with Gasteiger partial charge >= 0.3 is 5.97 Å². The number of esters is 1. The van der Waals surface area contributed by atoms with Crippen LogP contribution in [-0.4, -0.2) is 65.5 Å². The molecule has 0 radical (unpaired) electrons. The van der Waals surface area contributed by atoms with Crippen molar-refractivity contribution in [1.82, 2.24) is 20.6 Å². The Morgan fingerprint density at radius 2 is 1.41 bits per heavy atom. The zero-order valence-electron chi connectivity index (χ0n) is 22.9. The molecule has 41 heavy (non-hydrogen) atoms. The van der Waals surface area contributed by atoms with E-state index in [1.165, 1.54) is 7.11 Å². The van der Waals surface area contributed by atoms with Gasteiger partial charge in [-0.3, -0.25) is 14.6 Å². The smallest absolute Gasteiger partial charge is 0.328 e. The van der Waals surface area contributed by atoms with Crippen molar-refractivity contribution in [2.24, 2.45) is 22.2 Å². The summed E-state index contributed by atoms with van der Waals surface area (Å²) in [6.07, 6.45) is 4.74. The van der Waals surface area contributed by atoms with Gasteiger partial charge in [-0.15, -0.1) is 0 Å². The summed E-state index contributed by atoms with van der Waals surface area (Å²) in [5.41, 5.74) is 20.6. The molecule has 2 aromatic carbocycles. The van der Waals surface area contributed by atoms with E-state index in [0.717, 1.165) is 32.9 Å². The molecule has 0 aliphatic carbocycles. The number of aromatic nitrogens is 2. The molecule has 4 aromatic rings. The van der Waals surface area contributed by atoms with Crippen molar-refractivity contribution in [3.8, 4) is 0 Å². The van der Waals surface area contributed by atoms with Crippen molar-refractivity contribution < 1.29 is 19.1 Å². The number of nitrogens with zero attached hydrogens (tertiary/aromatic N) is 1. The first-order valence-electron chi connectivity index (χ1n) is 13.4. The Kier molecular flexibility index (Phi) is 9.59. The Bertz CT molecular complexity index is 1540. The number of hydrogen-bond acceptors (Lipinski definition) is 6. The number of guanidine groups is 1. The van der Waals surface area contributed by atoms with Crippen LogP contribution in [0.5, 0.6) is 0 Å². The third-order valence-corrected chi connectivity index (χ3v) is 6.93. The Balaban J connectivity index is 1.51. The lowest BCUT2D eigenvalue weighted by molar-refractivity contribution is -0.145. The molecule has 0 saturated heterocycles. The summed E-state index contributed by atoms with van der Waals surface area (Å²) in [4.78, 5) is 49.6. The number of ether oxygens (including phenoxy) is 1. The number of fused-ring (bicyclic) bond motifs is 2. The average molecular weight is 561 g/mol. The van der Waals surface area contributed by atoms with E-state index in [4.69, 9.17) is 21.9 Å². The first-order valence-corrected chi connectivity index (χ1v) is 13.4. The standard InChI is InChI=1S/C29H36N8O4/c1-41-28(40)24(11-6-12-33-29(31)32)36-27(39)25(14-18-16-35-23-10-5-3-8-20(18)23)37-26(38)21(30)13-17-15-34-22-9-4-2-7-19(17)22/h2-5,7-10,15-16,21,24-25,34-35H,6,11-14,30H2,1H3,(H,36,39)(H,37,38)(H4,31,32,33)/t21-,24-,25-/m0/s1. The third-order valence-electron chi connectivity index (χ3n) is 6.93. The first-order chi connectivity index (χ1) is 19.8. The number of nitrogens with one attached hydrogen (secondary N) is 4. The fourth-order valence-electron chi connectivity index (χ4n) is 4.81. The topological polar surface area (TPSA) is 206 Å². The highest BCUT2D eigenvalue weighted by atomic mass is 16.5. The summed E-state index contributed by atoms with van der Waals surface area (Å²) < 4.78 is 4.89. The second-order valence-electron chi connectivity index (χ2n) is 9.83. The average Bonchev–Trinajstić information content (AvgIpc) is 3.57. The van der Waals surface area contributed by atoms with Gasteiger partial charge in [-0.1, -0.05) is 36.4 Å². The molecule has 12 nitrogen and oxygen atoms in total. The molecule has 12 heteroatoms. The van der Waals surface area contributed by atoms with E-state index in [1.807, 2.05) is 54.7 Å². The van der Waals surface area contributed by atoms with Crippen LogP contribution in [0.4, 0.5) is 0 Å². The number of aromatic amines is 2. The Labute approximate surface area is 237 Å². The molecule has 0 spiro atoms. The fourth-order valence-corrected chi connectivity index (χ4v) is 4.81. The van der Waals surface area contributed by atoms with Gasteiger partial charge in [0.15, 0.2) is 5.96 Å². The molecular weight excluding hydrogens is 524 g/mol. The van der Waals surface area contributed by atoms with E-state index in [1.54, 1.807) is 6.20 Å². The number of hydrogen-bond donors (Lipinski definition) is 7. The Hall–Kier alpha value is -4.84. The summed E-state index contributed by atoms with van der Waals surface area (Å²) in [5, 5.41) is 7.45. The van der Waals surface area contributed by atoms with E-state index in [9.17, 15) is 14.4 Å². The maximum Gasteiger partial charge on any atom is 0.328 e. The molecule has 0 aliphatic heterocycles. The van der Waals surface area contributed by atoms with Crippen molar-refractivity contribution in [3.63, 3.8) is 0 Å². The van der Waals surface area contributed by atoms with Gasteiger partial charge in [-0.05, 0) is 42.5 Å². The van der Waals surface area contributed by atoms with Crippen molar-refractivity contribution in [2.75, 3.05) is 13.7 Å². The summed E-state index contributed by atoms with van der Waals surface area (Å²) in [6, 6.07) is 12.5. The van der Waals surface area contributed by atoms with Gasteiger partial charge in [-0.25, -0.2) is 4.79 Å². The molecule has 2 amide bonds. The number of nitrogens with two attached hydrogens (primary N) is 3. The van der Waals surface area contributed by atoms with Crippen LogP contribution in [0.15, 0.2) is 65.9 Å². The number of para-hydroxylation sites is 2. The number of aliphatic imine (C=N–C) groups is 1. The molecule has 0 bridgehead atoms. The number of carbonyl (C=O) groups is 3. The van der Waals surface area contributed by atoms with Crippen molar-refractivity contribution in [3.05, 3.63) is 72.1 Å². The van der Waals surface area contributed by atoms with Crippen LogP contribution in [0.25, 0.3) is 21.8 Å². The molecule has 3 atom stereocenters. The molecule has 0 saturated carbocycles. The highest BCUT2D eigenvalue weighted by molar-refractivity contribution is 5.93. The minimum Gasteiger partial charge on any atom is -0.467 e. The predicted molar refractivity (Wildman–Crippen MR) is 158 cm³/mol. The quantitative estimate of drug-likeness (QED) is 0.0545. The van der Waals surface area contributed by atoms with Crippen molar-refractivity contribution in [1.29, 1.82) is 0 Å². The lowest BCUT2D eigenvalue weighted by Crippen LogP contribution is -2.55. The van der Waals surface area contributed by atoms with E-state index < -0.39 is 35.9 Å². The lowest BCUT2D eigenvalue weighted by Gasteiger charge is -2.23. The van der Waals surface area contributed by atoms with Crippen LogP contribution in [-0.2, 0) is 32.0 Å². The Morgan fingerprint density at radius 1 is 0.854 bits per heavy atom. The van der Waals surface area contributed by atoms with Crippen LogP contribution in [0.3, 0.4) is 0 Å². The predicted octanol–water partition coefficient (Wildman–Crippen LogP) is 0.958. The first kappa shape index (κ1) is 29.2. The molecular formula is C29H36N8O4. The molecule has 10 N–H and O–H groups in total. The zero-order valence-corrected chi connectivity index (χ0v) is 22.9. The molecule has 216 valence electrons. The fraction of sp³-hybridized carbons (Fsp3) is 0.310. The van der Waals surface area contributed by atoms with E-state index >= 15 is 0 Å². The summed E-state index contributed by atoms with van der Waals surface area (Å²) in [7, 11) is 1.24. The second-order valence-corrected chi connectivity index (χ2v) is 9.83. The molecule has 2 heterocycles. The number of H-pyrrole nitrogens is 2. The van der Waals surface area contributed by atoms with Crippen molar-refractivity contribution in [2.45, 2.75) is 43.8 Å². The maximum absolute atomic E-state index is 13.6. The minimum absolute atomic E-state index is 0.0610. The monoisotopic (exact) mass is 560 g/mol. The van der Waals surface area contributed by atoms with Gasteiger partial charge < -0.3 is 42.5 Å². The highest BCUT2D eigenvalue weighted by Gasteiger charge is 2.29.